The Hall–Kier alpha value is -4.21. The molecular formula is C20H17FN4O5. The van der Waals surface area contributed by atoms with Crippen molar-refractivity contribution in [2.75, 3.05) is 13.7 Å². The monoisotopic (exact) mass is 412 g/mol. The van der Waals surface area contributed by atoms with Gasteiger partial charge in [0, 0.05) is 0 Å². The Labute approximate surface area is 170 Å². The third kappa shape index (κ3) is 4.79. The van der Waals surface area contributed by atoms with Crippen LogP contribution in [-0.2, 0) is 9.53 Å². The third-order valence-corrected chi connectivity index (χ3v) is 3.88. The van der Waals surface area contributed by atoms with Crippen molar-refractivity contribution in [2.24, 2.45) is 0 Å². The minimum absolute atomic E-state index is 0.121. The Kier molecular flexibility index (Phi) is 6.38. The molecule has 154 valence electrons. The van der Waals surface area contributed by atoms with E-state index in [1.54, 1.807) is 24.3 Å². The average molecular weight is 412 g/mol. The van der Waals surface area contributed by atoms with Gasteiger partial charge in [0.15, 0.2) is 12.4 Å². The molecule has 0 aliphatic carbocycles. The van der Waals surface area contributed by atoms with Crippen LogP contribution in [0.4, 0.5) is 4.39 Å². The van der Waals surface area contributed by atoms with E-state index in [1.165, 1.54) is 36.2 Å². The van der Waals surface area contributed by atoms with Gasteiger partial charge in [-0.25, -0.2) is 13.9 Å². The van der Waals surface area contributed by atoms with Crippen LogP contribution in [0.3, 0.4) is 0 Å². The van der Waals surface area contributed by atoms with Crippen molar-refractivity contribution in [3.63, 3.8) is 0 Å². The maximum absolute atomic E-state index is 13.5. The normalized spacial score (nSPS) is 10.2. The topological polar surface area (TPSA) is 112 Å². The number of carbonyl (C=O) groups is 3. The molecule has 2 aromatic carbocycles. The van der Waals surface area contributed by atoms with Gasteiger partial charge in [-0.15, -0.1) is 0 Å². The van der Waals surface area contributed by atoms with E-state index in [0.717, 1.165) is 6.07 Å². The molecular weight excluding hydrogens is 395 g/mol. The van der Waals surface area contributed by atoms with Crippen LogP contribution in [0.5, 0.6) is 5.75 Å². The SMILES string of the molecule is COc1cn(-c2ccccc2)nc1C(=O)OCC(=O)NNC(=O)c1ccccc1F. The molecule has 0 atom stereocenters. The van der Waals surface area contributed by atoms with E-state index in [4.69, 9.17) is 9.47 Å². The van der Waals surface area contributed by atoms with Gasteiger partial charge in [-0.3, -0.25) is 20.4 Å². The van der Waals surface area contributed by atoms with Crippen molar-refractivity contribution in [1.82, 2.24) is 20.6 Å². The first-order valence-electron chi connectivity index (χ1n) is 8.69. The molecule has 2 amide bonds. The summed E-state index contributed by atoms with van der Waals surface area (Å²) in [6.45, 7) is -0.697. The number of hydrogen-bond donors (Lipinski definition) is 2. The van der Waals surface area contributed by atoms with Gasteiger partial charge in [0.2, 0.25) is 5.69 Å². The summed E-state index contributed by atoms with van der Waals surface area (Å²) < 4.78 is 25.0. The van der Waals surface area contributed by atoms with Crippen LogP contribution in [0.25, 0.3) is 5.69 Å². The number of esters is 1. The van der Waals surface area contributed by atoms with Crippen molar-refractivity contribution < 1.29 is 28.2 Å². The van der Waals surface area contributed by atoms with Crippen LogP contribution in [0.15, 0.2) is 60.8 Å². The second-order valence-electron chi connectivity index (χ2n) is 5.88. The highest BCUT2D eigenvalue weighted by atomic mass is 19.1. The second kappa shape index (κ2) is 9.32. The zero-order valence-electron chi connectivity index (χ0n) is 15.8. The molecule has 3 rings (SSSR count). The van der Waals surface area contributed by atoms with Crippen LogP contribution in [0.1, 0.15) is 20.8 Å². The van der Waals surface area contributed by atoms with E-state index in [2.05, 4.69) is 5.10 Å². The molecule has 0 spiro atoms. The van der Waals surface area contributed by atoms with E-state index < -0.39 is 30.2 Å². The number of carbonyl (C=O) groups excluding carboxylic acids is 3. The molecule has 0 radical (unpaired) electrons. The molecule has 10 heteroatoms. The summed E-state index contributed by atoms with van der Waals surface area (Å²) in [5, 5.41) is 4.13. The Balaban J connectivity index is 1.56. The number of amides is 2. The zero-order chi connectivity index (χ0) is 21.5. The van der Waals surface area contributed by atoms with Crippen LogP contribution < -0.4 is 15.6 Å². The number of benzene rings is 2. The number of halogens is 1. The lowest BCUT2D eigenvalue weighted by Crippen LogP contribution is -2.43. The van der Waals surface area contributed by atoms with Crippen molar-refractivity contribution >= 4 is 17.8 Å². The van der Waals surface area contributed by atoms with Crippen LogP contribution in [-0.4, -0.2) is 41.3 Å². The van der Waals surface area contributed by atoms with Crippen molar-refractivity contribution in [2.45, 2.75) is 0 Å². The van der Waals surface area contributed by atoms with Crippen LogP contribution >= 0.6 is 0 Å². The average Bonchev–Trinajstić information content (AvgIpc) is 3.21. The number of nitrogens with zero attached hydrogens (tertiary/aromatic N) is 2. The standard InChI is InChI=1S/C20H17FN4O5/c1-29-16-11-25(13-7-3-2-4-8-13)24-18(16)20(28)30-12-17(26)22-23-19(27)14-9-5-6-10-15(14)21/h2-11H,12H2,1H3,(H,22,26)(H,23,27). The first-order chi connectivity index (χ1) is 14.5. The van der Waals surface area contributed by atoms with Gasteiger partial charge in [0.25, 0.3) is 11.8 Å². The van der Waals surface area contributed by atoms with Crippen molar-refractivity contribution in [1.29, 1.82) is 0 Å². The highest BCUT2D eigenvalue weighted by Crippen LogP contribution is 2.20. The fourth-order valence-electron chi connectivity index (χ4n) is 2.44. The minimum atomic E-state index is -0.892. The first kappa shape index (κ1) is 20.5. The highest BCUT2D eigenvalue weighted by molar-refractivity contribution is 5.96. The van der Waals surface area contributed by atoms with E-state index in [1.807, 2.05) is 16.9 Å². The smallest absolute Gasteiger partial charge is 0.363 e. The molecule has 3 aromatic rings. The zero-order valence-corrected chi connectivity index (χ0v) is 15.8. The number of methoxy groups -OCH3 is 1. The minimum Gasteiger partial charge on any atom is -0.493 e. The second-order valence-corrected chi connectivity index (χ2v) is 5.88. The summed E-state index contributed by atoms with van der Waals surface area (Å²) in [4.78, 5) is 36.0. The van der Waals surface area contributed by atoms with Crippen LogP contribution in [0.2, 0.25) is 0 Å². The van der Waals surface area contributed by atoms with E-state index in [9.17, 15) is 18.8 Å². The van der Waals surface area contributed by atoms with Gasteiger partial charge in [-0.1, -0.05) is 30.3 Å². The maximum Gasteiger partial charge on any atom is 0.363 e. The van der Waals surface area contributed by atoms with Gasteiger partial charge >= 0.3 is 5.97 Å². The molecule has 0 bridgehead atoms. The molecule has 30 heavy (non-hydrogen) atoms. The summed E-state index contributed by atoms with van der Waals surface area (Å²) in [7, 11) is 1.37. The summed E-state index contributed by atoms with van der Waals surface area (Å²) in [6.07, 6.45) is 1.50. The quantitative estimate of drug-likeness (QED) is 0.470. The molecule has 1 heterocycles. The molecule has 2 N–H and O–H groups in total. The van der Waals surface area contributed by atoms with Gasteiger partial charge < -0.3 is 9.47 Å². The maximum atomic E-state index is 13.5. The van der Waals surface area contributed by atoms with Gasteiger partial charge in [0.1, 0.15) is 5.82 Å². The lowest BCUT2D eigenvalue weighted by Gasteiger charge is -2.08. The molecule has 0 fully saturated rings. The lowest BCUT2D eigenvalue weighted by molar-refractivity contribution is -0.125. The van der Waals surface area contributed by atoms with E-state index in [0.29, 0.717) is 5.69 Å². The predicted molar refractivity (Wildman–Crippen MR) is 102 cm³/mol. The Morgan fingerprint density at radius 1 is 1.03 bits per heavy atom. The molecule has 0 saturated heterocycles. The largest absolute Gasteiger partial charge is 0.493 e. The third-order valence-electron chi connectivity index (χ3n) is 3.88. The molecule has 0 saturated carbocycles. The van der Waals surface area contributed by atoms with Crippen molar-refractivity contribution in [3.8, 4) is 11.4 Å². The Bertz CT molecular complexity index is 1070. The predicted octanol–water partition coefficient (Wildman–Crippen LogP) is 1.64. The van der Waals surface area contributed by atoms with Crippen LogP contribution in [0, 0.1) is 5.82 Å². The van der Waals surface area contributed by atoms with E-state index in [-0.39, 0.29) is 17.0 Å². The van der Waals surface area contributed by atoms with Gasteiger partial charge in [0.05, 0.1) is 24.6 Å². The van der Waals surface area contributed by atoms with Gasteiger partial charge in [-0.2, -0.15) is 5.10 Å². The fourth-order valence-corrected chi connectivity index (χ4v) is 2.44. The Morgan fingerprint density at radius 3 is 2.43 bits per heavy atom. The number of para-hydroxylation sites is 1. The molecule has 9 nitrogen and oxygen atoms in total. The molecule has 0 unspecified atom stereocenters. The fraction of sp³-hybridized carbons (Fsp3) is 0.100. The first-order valence-corrected chi connectivity index (χ1v) is 8.69. The summed E-state index contributed by atoms with van der Waals surface area (Å²) >= 11 is 0. The lowest BCUT2D eigenvalue weighted by atomic mass is 10.2. The van der Waals surface area contributed by atoms with Gasteiger partial charge in [-0.05, 0) is 24.3 Å². The van der Waals surface area contributed by atoms with E-state index >= 15 is 0 Å². The number of hydrazine groups is 1. The number of ether oxygens (including phenoxy) is 2. The molecule has 0 aliphatic heterocycles. The Morgan fingerprint density at radius 2 is 1.73 bits per heavy atom. The molecule has 0 aliphatic rings. The highest BCUT2D eigenvalue weighted by Gasteiger charge is 2.21. The summed E-state index contributed by atoms with van der Waals surface area (Å²) in [6, 6.07) is 14.3. The number of aromatic nitrogens is 2. The van der Waals surface area contributed by atoms with Crippen molar-refractivity contribution in [3.05, 3.63) is 77.9 Å². The summed E-state index contributed by atoms with van der Waals surface area (Å²) in [5.74, 6) is -3.14. The number of nitrogens with one attached hydrogen (secondary N) is 2. The number of rotatable bonds is 6. The molecule has 1 aromatic heterocycles. The number of hydrogen-bond acceptors (Lipinski definition) is 6. The summed E-state index contributed by atoms with van der Waals surface area (Å²) in [5.41, 5.74) is 4.40.